The number of ether oxygens (including phenoxy) is 1. The summed E-state index contributed by atoms with van der Waals surface area (Å²) in [5.41, 5.74) is 5.34. The molecule has 0 radical (unpaired) electrons. The van der Waals surface area contributed by atoms with Gasteiger partial charge in [0.05, 0.1) is 12.5 Å². The van der Waals surface area contributed by atoms with Crippen LogP contribution in [0.3, 0.4) is 0 Å². The topological polar surface area (TPSA) is 185 Å². The van der Waals surface area contributed by atoms with E-state index in [0.717, 1.165) is 0 Å². The van der Waals surface area contributed by atoms with Gasteiger partial charge in [-0.25, -0.2) is 0 Å². The van der Waals surface area contributed by atoms with Crippen LogP contribution in [0.25, 0.3) is 0 Å². The van der Waals surface area contributed by atoms with Crippen molar-refractivity contribution in [2.45, 2.75) is 63.5 Å². The minimum Gasteiger partial charge on any atom is -0.480 e. The summed E-state index contributed by atoms with van der Waals surface area (Å²) < 4.78 is 5.05. The first-order valence-electron chi connectivity index (χ1n) is 9.00. The predicted molar refractivity (Wildman–Crippen MR) is 105 cm³/mol. The maximum atomic E-state index is 12.2. The Hall–Kier alpha value is -2.34. The lowest BCUT2D eigenvalue weighted by Crippen LogP contribution is -2.49. The van der Waals surface area contributed by atoms with Crippen LogP contribution in [0, 0.1) is 0 Å². The molecule has 0 aromatic heterocycles. The van der Waals surface area contributed by atoms with Crippen LogP contribution in [0.4, 0.5) is 0 Å². The predicted octanol–water partition coefficient (Wildman–Crippen LogP) is -0.672. The summed E-state index contributed by atoms with van der Waals surface area (Å²) in [5, 5.41) is 21.8. The highest BCUT2D eigenvalue weighted by atomic mass is 32.2. The average molecular weight is 435 g/mol. The molecule has 0 aliphatic rings. The van der Waals surface area contributed by atoms with E-state index in [1.54, 1.807) is 20.8 Å². The minimum atomic E-state index is -1.24. The summed E-state index contributed by atoms with van der Waals surface area (Å²) in [6.45, 7) is 4.59. The molecule has 0 aromatic rings. The molecule has 0 bridgehead atoms. The fraction of sp³-hybridized carbons (Fsp3) is 0.706. The van der Waals surface area contributed by atoms with Gasteiger partial charge in [0.15, 0.2) is 0 Å². The van der Waals surface area contributed by atoms with Gasteiger partial charge < -0.3 is 31.3 Å². The molecule has 3 atom stereocenters. The van der Waals surface area contributed by atoms with Gasteiger partial charge in [-0.15, -0.1) is 0 Å². The Labute approximate surface area is 173 Å². The van der Waals surface area contributed by atoms with Crippen molar-refractivity contribution in [1.82, 2.24) is 10.6 Å². The van der Waals surface area contributed by atoms with Gasteiger partial charge in [0, 0.05) is 17.4 Å². The number of esters is 1. The van der Waals surface area contributed by atoms with Gasteiger partial charge >= 0.3 is 17.9 Å². The molecule has 0 aliphatic heterocycles. The van der Waals surface area contributed by atoms with Gasteiger partial charge in [0.25, 0.3) is 0 Å². The Bertz CT molecular complexity index is 599. The third-order valence-corrected chi connectivity index (χ3v) is 4.70. The van der Waals surface area contributed by atoms with E-state index in [1.165, 1.54) is 11.8 Å². The first-order chi connectivity index (χ1) is 13.4. The Morgan fingerprint density at radius 1 is 1.10 bits per heavy atom. The Morgan fingerprint density at radius 3 is 2.24 bits per heavy atom. The molecule has 0 fully saturated rings. The van der Waals surface area contributed by atoms with E-state index in [1.807, 2.05) is 0 Å². The van der Waals surface area contributed by atoms with Crippen molar-refractivity contribution in [3.63, 3.8) is 0 Å². The van der Waals surface area contributed by atoms with Crippen LogP contribution < -0.4 is 16.4 Å². The SMILES string of the molecule is CC(C)OC(=O)CC(C)SC[C@H](NC(=O)CC[C@H](N)C(=O)O)C(=O)NCC(=O)O. The molecule has 0 saturated carbocycles. The van der Waals surface area contributed by atoms with Crippen molar-refractivity contribution in [3.8, 4) is 0 Å². The molecule has 11 nitrogen and oxygen atoms in total. The monoisotopic (exact) mass is 435 g/mol. The normalized spacial score (nSPS) is 13.8. The number of carbonyl (C=O) groups is 5. The highest BCUT2D eigenvalue weighted by molar-refractivity contribution is 7.99. The van der Waals surface area contributed by atoms with E-state index in [0.29, 0.717) is 0 Å². The van der Waals surface area contributed by atoms with Crippen LogP contribution in [-0.2, 0) is 28.7 Å². The summed E-state index contributed by atoms with van der Waals surface area (Å²) in [6, 6.07) is -2.27. The second kappa shape index (κ2) is 13.8. The van der Waals surface area contributed by atoms with E-state index in [9.17, 15) is 24.0 Å². The van der Waals surface area contributed by atoms with Gasteiger partial charge in [-0.1, -0.05) is 6.92 Å². The highest BCUT2D eigenvalue weighted by Crippen LogP contribution is 2.16. The number of rotatable bonds is 14. The number of thioether (sulfide) groups is 1. The van der Waals surface area contributed by atoms with Gasteiger partial charge in [-0.05, 0) is 20.3 Å². The lowest BCUT2D eigenvalue weighted by molar-refractivity contribution is -0.147. The Balaban J connectivity index is 4.77. The van der Waals surface area contributed by atoms with E-state index in [-0.39, 0.29) is 36.4 Å². The zero-order valence-electron chi connectivity index (χ0n) is 16.7. The summed E-state index contributed by atoms with van der Waals surface area (Å²) in [6.07, 6.45) is -0.467. The number of hydrogen-bond donors (Lipinski definition) is 5. The third kappa shape index (κ3) is 13.5. The molecule has 0 rings (SSSR count). The molecule has 1 unspecified atom stereocenters. The number of carboxylic acid groups (broad SMARTS) is 2. The molecule has 0 aromatic carbocycles. The van der Waals surface area contributed by atoms with Crippen molar-refractivity contribution >= 4 is 41.5 Å². The average Bonchev–Trinajstić information content (AvgIpc) is 2.59. The maximum absolute atomic E-state index is 12.2. The smallest absolute Gasteiger partial charge is 0.322 e. The Morgan fingerprint density at radius 2 is 1.72 bits per heavy atom. The quantitative estimate of drug-likeness (QED) is 0.219. The maximum Gasteiger partial charge on any atom is 0.322 e. The second-order valence-corrected chi connectivity index (χ2v) is 8.07. The number of nitrogens with two attached hydrogens (primary N) is 1. The van der Waals surface area contributed by atoms with Crippen molar-refractivity contribution in [3.05, 3.63) is 0 Å². The molecule has 0 spiro atoms. The van der Waals surface area contributed by atoms with Crippen LogP contribution in [0.5, 0.6) is 0 Å². The minimum absolute atomic E-state index is 0.0816. The van der Waals surface area contributed by atoms with E-state index in [4.69, 9.17) is 20.7 Å². The Kier molecular flexibility index (Phi) is 12.7. The van der Waals surface area contributed by atoms with Gasteiger partial charge in [-0.2, -0.15) is 11.8 Å². The first-order valence-corrected chi connectivity index (χ1v) is 10.1. The molecule has 166 valence electrons. The van der Waals surface area contributed by atoms with Crippen LogP contribution in [0.1, 0.15) is 40.0 Å². The molecule has 0 saturated heterocycles. The van der Waals surface area contributed by atoms with Crippen molar-refractivity contribution < 1.29 is 38.9 Å². The molecular weight excluding hydrogens is 406 g/mol. The van der Waals surface area contributed by atoms with E-state index >= 15 is 0 Å². The lowest BCUT2D eigenvalue weighted by atomic mass is 10.1. The first kappa shape index (κ1) is 26.7. The summed E-state index contributed by atoms with van der Waals surface area (Å²) in [4.78, 5) is 57.3. The van der Waals surface area contributed by atoms with Crippen molar-refractivity contribution in [2.24, 2.45) is 5.73 Å². The number of carbonyl (C=O) groups excluding carboxylic acids is 3. The lowest BCUT2D eigenvalue weighted by Gasteiger charge is -2.20. The number of aliphatic carboxylic acids is 2. The molecule has 0 heterocycles. The molecular formula is C17H29N3O8S. The molecule has 2 amide bonds. The third-order valence-electron chi connectivity index (χ3n) is 3.43. The van der Waals surface area contributed by atoms with Gasteiger partial charge in [0.1, 0.15) is 18.6 Å². The molecule has 6 N–H and O–H groups in total. The zero-order valence-corrected chi connectivity index (χ0v) is 17.5. The molecule has 29 heavy (non-hydrogen) atoms. The van der Waals surface area contributed by atoms with E-state index < -0.39 is 48.4 Å². The van der Waals surface area contributed by atoms with E-state index in [2.05, 4.69) is 10.6 Å². The largest absolute Gasteiger partial charge is 0.480 e. The van der Waals surface area contributed by atoms with Crippen LogP contribution in [-0.4, -0.2) is 75.7 Å². The fourth-order valence-electron chi connectivity index (χ4n) is 2.01. The van der Waals surface area contributed by atoms with Gasteiger partial charge in [0.2, 0.25) is 11.8 Å². The van der Waals surface area contributed by atoms with Crippen LogP contribution in [0.15, 0.2) is 0 Å². The number of amides is 2. The highest BCUT2D eigenvalue weighted by Gasteiger charge is 2.24. The molecule has 0 aliphatic carbocycles. The standard InChI is InChI=1S/C17H29N3O8S/c1-9(2)28-15(24)6-10(3)29-8-12(16(25)19-7-14(22)23)20-13(21)5-4-11(18)17(26)27/h9-12H,4-8,18H2,1-3H3,(H,19,25)(H,20,21)(H,22,23)(H,26,27)/t10?,11-,12-/m0/s1. The summed E-state index contributed by atoms with van der Waals surface area (Å²) in [5.74, 6) is -4.09. The summed E-state index contributed by atoms with van der Waals surface area (Å²) >= 11 is 1.23. The summed E-state index contributed by atoms with van der Waals surface area (Å²) in [7, 11) is 0. The fourth-order valence-corrected chi connectivity index (χ4v) is 3.02. The zero-order chi connectivity index (χ0) is 22.6. The second-order valence-electron chi connectivity index (χ2n) is 6.60. The van der Waals surface area contributed by atoms with Crippen LogP contribution in [0.2, 0.25) is 0 Å². The number of carboxylic acids is 2. The number of hydrogen-bond acceptors (Lipinski definition) is 8. The van der Waals surface area contributed by atoms with Crippen molar-refractivity contribution in [2.75, 3.05) is 12.3 Å². The molecule has 12 heteroatoms. The number of nitrogens with one attached hydrogen (secondary N) is 2. The van der Waals surface area contributed by atoms with Crippen LogP contribution >= 0.6 is 11.8 Å². The van der Waals surface area contributed by atoms with Gasteiger partial charge in [-0.3, -0.25) is 24.0 Å². The van der Waals surface area contributed by atoms with Crippen molar-refractivity contribution in [1.29, 1.82) is 0 Å².